The number of nitrogens with one attached hydrogen (secondary N) is 2. The summed E-state index contributed by atoms with van der Waals surface area (Å²) in [7, 11) is 1.45. The van der Waals surface area contributed by atoms with Crippen molar-refractivity contribution in [3.63, 3.8) is 0 Å². The average molecular weight is 254 g/mol. The molecule has 3 N–H and O–H groups in total. The van der Waals surface area contributed by atoms with Gasteiger partial charge in [-0.2, -0.15) is 0 Å². The van der Waals surface area contributed by atoms with Crippen LogP contribution in [0.25, 0.3) is 0 Å². The largest absolute Gasteiger partial charge is 0.508 e. The van der Waals surface area contributed by atoms with Gasteiger partial charge in [0.1, 0.15) is 5.75 Å². The standard InChI is InChI=1S/C11H14N2O3S/c1-12-11(16)13-10(15)5-6-17-9-4-2-3-8(14)7-9/h2-4,7,14H,5-6H2,1H3,(H2,12,13,15,16). The molecule has 0 aliphatic carbocycles. The van der Waals surface area contributed by atoms with Gasteiger partial charge < -0.3 is 10.4 Å². The number of benzene rings is 1. The molecule has 0 aliphatic heterocycles. The van der Waals surface area contributed by atoms with E-state index in [1.807, 2.05) is 6.07 Å². The Hall–Kier alpha value is -1.69. The second-order valence-corrected chi connectivity index (χ2v) is 4.39. The molecule has 0 saturated heterocycles. The van der Waals surface area contributed by atoms with Crippen LogP contribution in [0.2, 0.25) is 0 Å². The Morgan fingerprint density at radius 3 is 2.82 bits per heavy atom. The van der Waals surface area contributed by atoms with Gasteiger partial charge in [0.05, 0.1) is 0 Å². The summed E-state index contributed by atoms with van der Waals surface area (Å²) in [6.45, 7) is 0. The Morgan fingerprint density at radius 1 is 1.41 bits per heavy atom. The van der Waals surface area contributed by atoms with Crippen molar-refractivity contribution in [3.8, 4) is 5.75 Å². The first-order valence-electron chi connectivity index (χ1n) is 5.05. The summed E-state index contributed by atoms with van der Waals surface area (Å²) in [5.41, 5.74) is 0. The fourth-order valence-electron chi connectivity index (χ4n) is 1.09. The molecule has 0 radical (unpaired) electrons. The van der Waals surface area contributed by atoms with Crippen LogP contribution in [-0.2, 0) is 4.79 Å². The van der Waals surface area contributed by atoms with E-state index < -0.39 is 6.03 Å². The first-order chi connectivity index (χ1) is 8.11. The molecule has 0 aliphatic rings. The third-order valence-electron chi connectivity index (χ3n) is 1.90. The van der Waals surface area contributed by atoms with Crippen LogP contribution in [0.1, 0.15) is 6.42 Å². The van der Waals surface area contributed by atoms with Crippen LogP contribution in [0.5, 0.6) is 5.75 Å². The lowest BCUT2D eigenvalue weighted by Crippen LogP contribution is -2.37. The van der Waals surface area contributed by atoms with Crippen LogP contribution in [0.15, 0.2) is 29.2 Å². The van der Waals surface area contributed by atoms with Crippen LogP contribution in [0, 0.1) is 0 Å². The fraction of sp³-hybridized carbons (Fsp3) is 0.273. The summed E-state index contributed by atoms with van der Waals surface area (Å²) in [6.07, 6.45) is 0.244. The molecule has 17 heavy (non-hydrogen) atoms. The lowest BCUT2D eigenvalue weighted by atomic mass is 10.3. The quantitative estimate of drug-likeness (QED) is 0.708. The molecule has 3 amide bonds. The molecule has 0 unspecified atom stereocenters. The number of aromatic hydroxyl groups is 1. The van der Waals surface area contributed by atoms with Gasteiger partial charge in [0.25, 0.3) is 0 Å². The molecule has 92 valence electrons. The molecule has 5 nitrogen and oxygen atoms in total. The molecule has 1 aromatic rings. The first-order valence-corrected chi connectivity index (χ1v) is 6.04. The maximum Gasteiger partial charge on any atom is 0.321 e. The van der Waals surface area contributed by atoms with E-state index in [0.29, 0.717) is 5.75 Å². The minimum absolute atomic E-state index is 0.199. The van der Waals surface area contributed by atoms with Gasteiger partial charge in [0.2, 0.25) is 5.91 Å². The topological polar surface area (TPSA) is 78.4 Å². The Balaban J connectivity index is 2.28. The highest BCUT2D eigenvalue weighted by Gasteiger charge is 2.05. The third-order valence-corrected chi connectivity index (χ3v) is 2.89. The number of hydrogen-bond acceptors (Lipinski definition) is 4. The zero-order chi connectivity index (χ0) is 12.7. The van der Waals surface area contributed by atoms with E-state index in [1.165, 1.54) is 18.8 Å². The Kier molecular flexibility index (Phi) is 5.35. The van der Waals surface area contributed by atoms with Gasteiger partial charge in [-0.15, -0.1) is 11.8 Å². The van der Waals surface area contributed by atoms with E-state index in [-0.39, 0.29) is 18.1 Å². The van der Waals surface area contributed by atoms with Crippen LogP contribution < -0.4 is 10.6 Å². The number of urea groups is 1. The van der Waals surface area contributed by atoms with E-state index in [2.05, 4.69) is 10.6 Å². The summed E-state index contributed by atoms with van der Waals surface area (Å²) >= 11 is 1.45. The molecule has 0 aromatic heterocycles. The van der Waals surface area contributed by atoms with Crippen molar-refractivity contribution in [1.82, 2.24) is 10.6 Å². The van der Waals surface area contributed by atoms with E-state index >= 15 is 0 Å². The van der Waals surface area contributed by atoms with E-state index in [1.54, 1.807) is 18.2 Å². The van der Waals surface area contributed by atoms with Crippen molar-refractivity contribution in [2.45, 2.75) is 11.3 Å². The van der Waals surface area contributed by atoms with Gasteiger partial charge in [-0.3, -0.25) is 10.1 Å². The van der Waals surface area contributed by atoms with Crippen LogP contribution in [0.4, 0.5) is 4.79 Å². The van der Waals surface area contributed by atoms with E-state index in [0.717, 1.165) is 4.90 Å². The van der Waals surface area contributed by atoms with Crippen molar-refractivity contribution in [2.75, 3.05) is 12.8 Å². The van der Waals surface area contributed by atoms with Gasteiger partial charge in [0.15, 0.2) is 0 Å². The summed E-state index contributed by atoms with van der Waals surface area (Å²) in [4.78, 5) is 22.9. The average Bonchev–Trinajstić information content (AvgIpc) is 2.29. The predicted molar refractivity (Wildman–Crippen MR) is 66.0 cm³/mol. The van der Waals surface area contributed by atoms with Crippen molar-refractivity contribution < 1.29 is 14.7 Å². The molecule has 0 atom stereocenters. The Bertz CT molecular complexity index is 409. The molecular weight excluding hydrogens is 240 g/mol. The smallest absolute Gasteiger partial charge is 0.321 e. The molecule has 0 fully saturated rings. The SMILES string of the molecule is CNC(=O)NC(=O)CCSc1cccc(O)c1. The number of carbonyl (C=O) groups excluding carboxylic acids is 2. The predicted octanol–water partition coefficient (Wildman–Crippen LogP) is 1.33. The minimum Gasteiger partial charge on any atom is -0.508 e. The molecule has 1 rings (SSSR count). The highest BCUT2D eigenvalue weighted by atomic mass is 32.2. The molecule has 1 aromatic carbocycles. The maximum absolute atomic E-state index is 11.2. The molecule has 0 heterocycles. The number of phenols is 1. The lowest BCUT2D eigenvalue weighted by Gasteiger charge is -2.03. The van der Waals surface area contributed by atoms with Crippen LogP contribution >= 0.6 is 11.8 Å². The van der Waals surface area contributed by atoms with Gasteiger partial charge in [-0.05, 0) is 18.2 Å². The Labute approximate surface area is 104 Å². The van der Waals surface area contributed by atoms with E-state index in [4.69, 9.17) is 0 Å². The lowest BCUT2D eigenvalue weighted by molar-refractivity contribution is -0.119. The summed E-state index contributed by atoms with van der Waals surface area (Å²) in [5, 5.41) is 13.7. The Morgan fingerprint density at radius 2 is 2.18 bits per heavy atom. The summed E-state index contributed by atoms with van der Waals surface area (Å²) in [6, 6.07) is 6.30. The minimum atomic E-state index is -0.502. The first kappa shape index (κ1) is 13.4. The normalized spacial score (nSPS) is 9.71. The monoisotopic (exact) mass is 254 g/mol. The zero-order valence-corrected chi connectivity index (χ0v) is 10.2. The number of thioether (sulfide) groups is 1. The van der Waals surface area contributed by atoms with Gasteiger partial charge >= 0.3 is 6.03 Å². The highest BCUT2D eigenvalue weighted by molar-refractivity contribution is 7.99. The van der Waals surface area contributed by atoms with Crippen LogP contribution in [0.3, 0.4) is 0 Å². The van der Waals surface area contributed by atoms with Crippen molar-refractivity contribution in [3.05, 3.63) is 24.3 Å². The van der Waals surface area contributed by atoms with E-state index in [9.17, 15) is 14.7 Å². The summed E-state index contributed by atoms with van der Waals surface area (Å²) < 4.78 is 0. The number of hydrogen-bond donors (Lipinski definition) is 3. The van der Waals surface area contributed by atoms with Gasteiger partial charge in [-0.25, -0.2) is 4.79 Å². The number of phenolic OH excluding ortho intramolecular Hbond substituents is 1. The second-order valence-electron chi connectivity index (χ2n) is 3.22. The number of carbonyl (C=O) groups is 2. The van der Waals surface area contributed by atoms with Gasteiger partial charge in [-0.1, -0.05) is 6.07 Å². The highest BCUT2D eigenvalue weighted by Crippen LogP contribution is 2.22. The second kappa shape index (κ2) is 6.80. The molecule has 6 heteroatoms. The van der Waals surface area contributed by atoms with Crippen LogP contribution in [-0.4, -0.2) is 29.8 Å². The maximum atomic E-state index is 11.2. The van der Waals surface area contributed by atoms with Gasteiger partial charge in [0, 0.05) is 24.1 Å². The fourth-order valence-corrected chi connectivity index (χ4v) is 1.99. The van der Waals surface area contributed by atoms with Crippen molar-refractivity contribution in [2.24, 2.45) is 0 Å². The molecular formula is C11H14N2O3S. The molecule has 0 saturated carbocycles. The van der Waals surface area contributed by atoms with Crippen molar-refractivity contribution in [1.29, 1.82) is 0 Å². The summed E-state index contributed by atoms with van der Waals surface area (Å²) in [5.74, 6) is 0.425. The third kappa shape index (κ3) is 5.26. The number of imide groups is 1. The van der Waals surface area contributed by atoms with Crippen molar-refractivity contribution >= 4 is 23.7 Å². The zero-order valence-electron chi connectivity index (χ0n) is 9.40. The molecule has 0 spiro atoms. The number of rotatable bonds is 4. The molecule has 0 bridgehead atoms. The number of amides is 3.